The highest BCUT2D eigenvalue weighted by atomic mass is 16.6. The third kappa shape index (κ3) is 5.16. The summed E-state index contributed by atoms with van der Waals surface area (Å²) in [4.78, 5) is 23.2. The Labute approximate surface area is 113 Å². The van der Waals surface area contributed by atoms with Crippen molar-refractivity contribution in [1.29, 1.82) is 0 Å². The van der Waals surface area contributed by atoms with Crippen molar-refractivity contribution in [1.82, 2.24) is 10.6 Å². The average Bonchev–Trinajstić information content (AvgIpc) is 2.40. The number of carbonyl (C=O) groups is 2. The lowest BCUT2D eigenvalue weighted by Gasteiger charge is -2.24. The fraction of sp³-hybridized carbons (Fsp3) is 0.846. The van der Waals surface area contributed by atoms with Crippen molar-refractivity contribution < 1.29 is 19.1 Å². The highest BCUT2D eigenvalue weighted by Gasteiger charge is 2.22. The zero-order valence-corrected chi connectivity index (χ0v) is 11.2. The number of rotatable bonds is 4. The Kier molecular flexibility index (Phi) is 5.60. The summed E-state index contributed by atoms with van der Waals surface area (Å²) in [6.07, 6.45) is 2.88. The Hall–Kier alpha value is -1.14. The van der Waals surface area contributed by atoms with Gasteiger partial charge in [0.1, 0.15) is 18.6 Å². The SMILES string of the molecule is O=C(CC(=O)OC1CCNCC1)OC1CCNCC1. The maximum Gasteiger partial charge on any atom is 0.317 e. The standard InChI is InChI=1S/C13H22N2O4/c16-12(18-10-1-5-14-6-2-10)9-13(17)19-11-3-7-15-8-4-11/h10-11,14-15H,1-9H2. The molecule has 0 amide bonds. The van der Waals surface area contributed by atoms with E-state index in [0.29, 0.717) is 0 Å². The highest BCUT2D eigenvalue weighted by Crippen LogP contribution is 2.11. The van der Waals surface area contributed by atoms with Crippen molar-refractivity contribution in [2.75, 3.05) is 26.2 Å². The molecule has 2 heterocycles. The van der Waals surface area contributed by atoms with Gasteiger partial charge in [-0.3, -0.25) is 9.59 Å². The van der Waals surface area contributed by atoms with Crippen molar-refractivity contribution in [3.8, 4) is 0 Å². The summed E-state index contributed by atoms with van der Waals surface area (Å²) < 4.78 is 10.5. The van der Waals surface area contributed by atoms with Crippen LogP contribution in [-0.4, -0.2) is 50.3 Å². The summed E-state index contributed by atoms with van der Waals surface area (Å²) in [6, 6.07) is 0. The molecule has 2 aliphatic rings. The Bertz CT molecular complexity index is 280. The van der Waals surface area contributed by atoms with Gasteiger partial charge in [0.2, 0.25) is 0 Å². The molecule has 6 nitrogen and oxygen atoms in total. The smallest absolute Gasteiger partial charge is 0.317 e. The molecule has 2 N–H and O–H groups in total. The van der Waals surface area contributed by atoms with E-state index in [4.69, 9.17) is 9.47 Å². The lowest BCUT2D eigenvalue weighted by Crippen LogP contribution is -2.35. The Balaban J connectivity index is 1.64. The molecule has 0 aromatic rings. The van der Waals surface area contributed by atoms with Crippen LogP contribution in [0.3, 0.4) is 0 Å². The van der Waals surface area contributed by atoms with Crippen LogP contribution in [0.15, 0.2) is 0 Å². The summed E-state index contributed by atoms with van der Waals surface area (Å²) in [5, 5.41) is 6.39. The van der Waals surface area contributed by atoms with Crippen LogP contribution in [0.5, 0.6) is 0 Å². The van der Waals surface area contributed by atoms with Gasteiger partial charge in [-0.25, -0.2) is 0 Å². The monoisotopic (exact) mass is 270 g/mol. The van der Waals surface area contributed by atoms with Crippen molar-refractivity contribution in [2.45, 2.75) is 44.3 Å². The summed E-state index contributed by atoms with van der Waals surface area (Å²) in [5.41, 5.74) is 0. The Morgan fingerprint density at radius 2 is 1.16 bits per heavy atom. The number of hydrogen-bond acceptors (Lipinski definition) is 6. The first-order valence-electron chi connectivity index (χ1n) is 7.04. The first-order valence-corrected chi connectivity index (χ1v) is 7.04. The minimum Gasteiger partial charge on any atom is -0.462 e. The van der Waals surface area contributed by atoms with E-state index in [1.807, 2.05) is 0 Å². The van der Waals surface area contributed by atoms with E-state index >= 15 is 0 Å². The van der Waals surface area contributed by atoms with Gasteiger partial charge in [-0.1, -0.05) is 0 Å². The van der Waals surface area contributed by atoms with Crippen molar-refractivity contribution in [2.24, 2.45) is 0 Å². The van der Waals surface area contributed by atoms with Crippen LogP contribution in [0.25, 0.3) is 0 Å². The molecule has 0 aromatic heterocycles. The van der Waals surface area contributed by atoms with Gasteiger partial charge in [-0.15, -0.1) is 0 Å². The van der Waals surface area contributed by atoms with Gasteiger partial charge in [0.25, 0.3) is 0 Å². The fourth-order valence-corrected chi connectivity index (χ4v) is 2.40. The number of carbonyl (C=O) groups excluding carboxylic acids is 2. The quantitative estimate of drug-likeness (QED) is 0.552. The molecule has 0 spiro atoms. The molecule has 0 saturated carbocycles. The molecule has 2 rings (SSSR count). The van der Waals surface area contributed by atoms with Crippen LogP contribution < -0.4 is 10.6 Å². The third-order valence-electron chi connectivity index (χ3n) is 3.46. The Morgan fingerprint density at radius 3 is 1.53 bits per heavy atom. The molecule has 19 heavy (non-hydrogen) atoms. The minimum atomic E-state index is -0.467. The van der Waals surface area contributed by atoms with E-state index in [1.165, 1.54) is 0 Å². The van der Waals surface area contributed by atoms with E-state index in [-0.39, 0.29) is 18.6 Å². The predicted octanol–water partition coefficient (Wildman–Crippen LogP) is -0.0331. The van der Waals surface area contributed by atoms with Gasteiger partial charge in [0.15, 0.2) is 0 Å². The van der Waals surface area contributed by atoms with Crippen molar-refractivity contribution in [3.05, 3.63) is 0 Å². The zero-order chi connectivity index (χ0) is 13.5. The molecule has 0 aliphatic carbocycles. The van der Waals surface area contributed by atoms with Gasteiger partial charge in [-0.05, 0) is 51.9 Å². The lowest BCUT2D eigenvalue weighted by molar-refractivity contribution is -0.161. The van der Waals surface area contributed by atoms with Gasteiger partial charge in [0.05, 0.1) is 0 Å². The molecular weight excluding hydrogens is 248 g/mol. The number of ether oxygens (including phenoxy) is 2. The van der Waals surface area contributed by atoms with E-state index < -0.39 is 11.9 Å². The molecule has 0 unspecified atom stereocenters. The van der Waals surface area contributed by atoms with Gasteiger partial charge < -0.3 is 20.1 Å². The molecule has 2 aliphatic heterocycles. The summed E-state index contributed by atoms with van der Waals surface area (Å²) in [6.45, 7) is 3.43. The average molecular weight is 270 g/mol. The van der Waals surface area contributed by atoms with Gasteiger partial charge in [0, 0.05) is 0 Å². The van der Waals surface area contributed by atoms with E-state index in [0.717, 1.165) is 51.9 Å². The molecular formula is C13H22N2O4. The van der Waals surface area contributed by atoms with E-state index in [1.54, 1.807) is 0 Å². The molecule has 2 saturated heterocycles. The van der Waals surface area contributed by atoms with Crippen LogP contribution in [0.1, 0.15) is 32.1 Å². The van der Waals surface area contributed by atoms with Crippen molar-refractivity contribution in [3.63, 3.8) is 0 Å². The van der Waals surface area contributed by atoms with Gasteiger partial charge >= 0.3 is 11.9 Å². The molecule has 0 bridgehead atoms. The molecule has 0 atom stereocenters. The number of piperidine rings is 2. The lowest BCUT2D eigenvalue weighted by atomic mass is 10.1. The maximum absolute atomic E-state index is 11.6. The summed E-state index contributed by atoms with van der Waals surface area (Å²) >= 11 is 0. The molecule has 2 fully saturated rings. The normalized spacial score (nSPS) is 21.9. The fourth-order valence-electron chi connectivity index (χ4n) is 2.40. The molecule has 0 aromatic carbocycles. The van der Waals surface area contributed by atoms with Crippen LogP contribution in [0.2, 0.25) is 0 Å². The third-order valence-corrected chi connectivity index (χ3v) is 3.46. The second-order valence-corrected chi connectivity index (χ2v) is 5.06. The highest BCUT2D eigenvalue weighted by molar-refractivity contribution is 5.91. The number of nitrogens with one attached hydrogen (secondary N) is 2. The number of esters is 2. The molecule has 108 valence electrons. The van der Waals surface area contributed by atoms with E-state index in [9.17, 15) is 9.59 Å². The van der Waals surface area contributed by atoms with Gasteiger partial charge in [-0.2, -0.15) is 0 Å². The van der Waals surface area contributed by atoms with E-state index in [2.05, 4.69) is 10.6 Å². The largest absolute Gasteiger partial charge is 0.462 e. The molecule has 0 radical (unpaired) electrons. The zero-order valence-electron chi connectivity index (χ0n) is 11.2. The summed E-state index contributed by atoms with van der Waals surface area (Å²) in [7, 11) is 0. The second-order valence-electron chi connectivity index (χ2n) is 5.06. The van der Waals surface area contributed by atoms with Crippen molar-refractivity contribution >= 4 is 11.9 Å². The molecule has 6 heteroatoms. The predicted molar refractivity (Wildman–Crippen MR) is 68.6 cm³/mol. The maximum atomic E-state index is 11.6. The number of hydrogen-bond donors (Lipinski definition) is 2. The van der Waals surface area contributed by atoms with Crippen LogP contribution in [0.4, 0.5) is 0 Å². The topological polar surface area (TPSA) is 76.7 Å². The van der Waals surface area contributed by atoms with Crippen LogP contribution >= 0.6 is 0 Å². The summed E-state index contributed by atoms with van der Waals surface area (Å²) in [5.74, 6) is -0.934. The Morgan fingerprint density at radius 1 is 0.789 bits per heavy atom. The van der Waals surface area contributed by atoms with Crippen LogP contribution in [-0.2, 0) is 19.1 Å². The van der Waals surface area contributed by atoms with Crippen LogP contribution in [0, 0.1) is 0 Å². The first-order chi connectivity index (χ1) is 9.24. The first kappa shape index (κ1) is 14.3. The second kappa shape index (κ2) is 7.45. The minimum absolute atomic E-state index is 0.0552.